The maximum Gasteiger partial charge on any atom is 0.289 e. The first-order valence-electron chi connectivity index (χ1n) is 7.74. The van der Waals surface area contributed by atoms with Crippen LogP contribution in [0.3, 0.4) is 0 Å². The zero-order valence-corrected chi connectivity index (χ0v) is 14.2. The number of fused-ring (bicyclic) bond motifs is 1. The van der Waals surface area contributed by atoms with Crippen molar-refractivity contribution >= 4 is 40.0 Å². The molecule has 0 N–H and O–H groups in total. The molecule has 0 radical (unpaired) electrons. The minimum Gasteiger partial charge on any atom is -0.451 e. The second kappa shape index (κ2) is 6.42. The van der Waals surface area contributed by atoms with Crippen molar-refractivity contribution in [3.63, 3.8) is 0 Å². The molecule has 3 nitrogen and oxygen atoms in total. The Kier molecular flexibility index (Phi) is 4.14. The molecule has 1 saturated heterocycles. The highest BCUT2D eigenvalue weighted by Crippen LogP contribution is 2.37. The molecule has 5 heteroatoms. The predicted octanol–water partition coefficient (Wildman–Crippen LogP) is 4.81. The van der Waals surface area contributed by atoms with Crippen LogP contribution in [0.15, 0.2) is 52.3 Å². The number of carbonyl (C=O) groups is 1. The Morgan fingerprint density at radius 3 is 2.91 bits per heavy atom. The molecule has 1 fully saturated rings. The Bertz CT molecular complexity index is 776. The highest BCUT2D eigenvalue weighted by molar-refractivity contribution is 7.99. The zero-order valence-electron chi connectivity index (χ0n) is 12.6. The number of hydrogen-bond acceptors (Lipinski definition) is 4. The van der Waals surface area contributed by atoms with Gasteiger partial charge in [-0.15, -0.1) is 11.3 Å². The van der Waals surface area contributed by atoms with Crippen LogP contribution >= 0.6 is 23.1 Å². The van der Waals surface area contributed by atoms with Crippen LogP contribution in [0.25, 0.3) is 11.0 Å². The van der Waals surface area contributed by atoms with Gasteiger partial charge in [-0.25, -0.2) is 0 Å². The van der Waals surface area contributed by atoms with E-state index in [0.29, 0.717) is 11.0 Å². The van der Waals surface area contributed by atoms with Crippen molar-refractivity contribution in [1.29, 1.82) is 0 Å². The molecule has 4 rings (SSSR count). The summed E-state index contributed by atoms with van der Waals surface area (Å²) in [6.45, 7) is 1.56. The quantitative estimate of drug-likeness (QED) is 0.669. The number of benzene rings is 1. The molecule has 2 aromatic heterocycles. The molecular formula is C18H17NO2S2. The van der Waals surface area contributed by atoms with Crippen molar-refractivity contribution in [3.05, 3.63) is 58.5 Å². The molecule has 118 valence electrons. The molecule has 0 unspecified atom stereocenters. The van der Waals surface area contributed by atoms with E-state index in [2.05, 4.69) is 17.5 Å². The largest absolute Gasteiger partial charge is 0.451 e. The van der Waals surface area contributed by atoms with Gasteiger partial charge in [-0.2, -0.15) is 11.8 Å². The van der Waals surface area contributed by atoms with Gasteiger partial charge in [0.05, 0.1) is 0 Å². The summed E-state index contributed by atoms with van der Waals surface area (Å²) in [7, 11) is 0. The monoisotopic (exact) mass is 343 g/mol. The Labute approximate surface area is 143 Å². The lowest BCUT2D eigenvalue weighted by Crippen LogP contribution is -2.32. The predicted molar refractivity (Wildman–Crippen MR) is 96.3 cm³/mol. The van der Waals surface area contributed by atoms with Gasteiger partial charge in [-0.3, -0.25) is 4.79 Å². The molecule has 1 aliphatic heterocycles. The molecule has 1 aromatic carbocycles. The smallest absolute Gasteiger partial charge is 0.289 e. The van der Waals surface area contributed by atoms with E-state index in [-0.39, 0.29) is 5.91 Å². The molecule has 3 heterocycles. The fourth-order valence-corrected chi connectivity index (χ4v) is 5.16. The van der Waals surface area contributed by atoms with Crippen LogP contribution in [0.1, 0.15) is 27.1 Å². The fraction of sp³-hybridized carbons (Fsp3) is 0.278. The van der Waals surface area contributed by atoms with Gasteiger partial charge in [0.2, 0.25) is 0 Å². The standard InChI is InChI=1S/C18H17NO2S2/c20-18(15-12-13-4-1-2-5-14(13)21-15)19-8-7-17(23-11-9-19)16-6-3-10-22-16/h1-6,10,12,17H,7-9,11H2/t17-/m0/s1. The van der Waals surface area contributed by atoms with Gasteiger partial charge >= 0.3 is 0 Å². The third-order valence-electron chi connectivity index (χ3n) is 4.13. The van der Waals surface area contributed by atoms with E-state index < -0.39 is 0 Å². The number of thioether (sulfide) groups is 1. The van der Waals surface area contributed by atoms with Gasteiger partial charge in [0.25, 0.3) is 5.91 Å². The second-order valence-electron chi connectivity index (χ2n) is 5.60. The maximum absolute atomic E-state index is 12.7. The molecule has 23 heavy (non-hydrogen) atoms. The summed E-state index contributed by atoms with van der Waals surface area (Å²) in [4.78, 5) is 16.1. The fourth-order valence-electron chi connectivity index (χ4n) is 2.92. The lowest BCUT2D eigenvalue weighted by Gasteiger charge is -2.18. The molecule has 1 amide bonds. The second-order valence-corrected chi connectivity index (χ2v) is 7.89. The average Bonchev–Trinajstić information content (AvgIpc) is 3.19. The number of furan rings is 1. The van der Waals surface area contributed by atoms with Crippen LogP contribution in [0, 0.1) is 0 Å². The van der Waals surface area contributed by atoms with Crippen molar-refractivity contribution < 1.29 is 9.21 Å². The van der Waals surface area contributed by atoms with Crippen molar-refractivity contribution in [1.82, 2.24) is 4.90 Å². The average molecular weight is 343 g/mol. The first-order chi connectivity index (χ1) is 11.3. The molecule has 1 aliphatic rings. The third kappa shape index (κ3) is 3.03. The van der Waals surface area contributed by atoms with Crippen LogP contribution < -0.4 is 0 Å². The van der Waals surface area contributed by atoms with Crippen LogP contribution in [-0.2, 0) is 0 Å². The van der Waals surface area contributed by atoms with Crippen molar-refractivity contribution in [2.24, 2.45) is 0 Å². The van der Waals surface area contributed by atoms with Crippen molar-refractivity contribution in [2.45, 2.75) is 11.7 Å². The Morgan fingerprint density at radius 2 is 2.09 bits per heavy atom. The summed E-state index contributed by atoms with van der Waals surface area (Å²) < 4.78 is 5.73. The van der Waals surface area contributed by atoms with Crippen LogP contribution in [0.2, 0.25) is 0 Å². The molecular weight excluding hydrogens is 326 g/mol. The van der Waals surface area contributed by atoms with E-state index in [9.17, 15) is 4.79 Å². The molecule has 0 saturated carbocycles. The molecule has 1 atom stereocenters. The molecule has 0 spiro atoms. The lowest BCUT2D eigenvalue weighted by atomic mass is 10.2. The summed E-state index contributed by atoms with van der Waals surface area (Å²) in [5.74, 6) is 1.42. The molecule has 0 aliphatic carbocycles. The summed E-state index contributed by atoms with van der Waals surface area (Å²) >= 11 is 3.75. The molecule has 3 aromatic rings. The van der Waals surface area contributed by atoms with Crippen LogP contribution in [0.4, 0.5) is 0 Å². The zero-order chi connectivity index (χ0) is 15.6. The number of para-hydroxylation sites is 1. The van der Waals surface area contributed by atoms with Crippen LogP contribution in [-0.4, -0.2) is 29.6 Å². The van der Waals surface area contributed by atoms with E-state index in [1.165, 1.54) is 4.88 Å². The number of rotatable bonds is 2. The Hall–Kier alpha value is -1.72. The van der Waals surface area contributed by atoms with Crippen LogP contribution in [0.5, 0.6) is 0 Å². The van der Waals surface area contributed by atoms with E-state index in [4.69, 9.17) is 4.42 Å². The summed E-state index contributed by atoms with van der Waals surface area (Å²) in [6.07, 6.45) is 0.997. The number of carbonyl (C=O) groups excluding carboxylic acids is 1. The Balaban J connectivity index is 1.50. The van der Waals surface area contributed by atoms with Gasteiger partial charge in [0, 0.05) is 34.4 Å². The van der Waals surface area contributed by atoms with E-state index >= 15 is 0 Å². The first kappa shape index (κ1) is 14.8. The normalized spacial score (nSPS) is 19.0. The van der Waals surface area contributed by atoms with E-state index in [1.54, 1.807) is 11.3 Å². The number of nitrogens with zero attached hydrogens (tertiary/aromatic N) is 1. The third-order valence-corrected chi connectivity index (χ3v) is 6.57. The highest BCUT2D eigenvalue weighted by atomic mass is 32.2. The first-order valence-corrected chi connectivity index (χ1v) is 9.67. The van der Waals surface area contributed by atoms with Gasteiger partial charge < -0.3 is 9.32 Å². The van der Waals surface area contributed by atoms with Gasteiger partial charge in [-0.05, 0) is 30.0 Å². The number of thiophene rings is 1. The van der Waals surface area contributed by atoms with Gasteiger partial charge in [0.15, 0.2) is 5.76 Å². The maximum atomic E-state index is 12.7. The summed E-state index contributed by atoms with van der Waals surface area (Å²) in [6, 6.07) is 13.9. The molecule has 0 bridgehead atoms. The topological polar surface area (TPSA) is 33.5 Å². The summed E-state index contributed by atoms with van der Waals surface area (Å²) in [5, 5.41) is 3.61. The minimum absolute atomic E-state index is 0.00799. The highest BCUT2D eigenvalue weighted by Gasteiger charge is 2.25. The van der Waals surface area contributed by atoms with Crippen molar-refractivity contribution in [3.8, 4) is 0 Å². The number of amides is 1. The Morgan fingerprint density at radius 1 is 1.17 bits per heavy atom. The number of hydrogen-bond donors (Lipinski definition) is 0. The lowest BCUT2D eigenvalue weighted by molar-refractivity contribution is 0.0737. The van der Waals surface area contributed by atoms with Gasteiger partial charge in [0.1, 0.15) is 5.58 Å². The van der Waals surface area contributed by atoms with Crippen molar-refractivity contribution in [2.75, 3.05) is 18.8 Å². The summed E-state index contributed by atoms with van der Waals surface area (Å²) in [5.41, 5.74) is 0.775. The van der Waals surface area contributed by atoms with Gasteiger partial charge in [-0.1, -0.05) is 24.3 Å². The van der Waals surface area contributed by atoms with E-state index in [0.717, 1.165) is 36.2 Å². The minimum atomic E-state index is 0.00799. The SMILES string of the molecule is O=C(c1cc2ccccc2o1)N1CCS[C@H](c2cccs2)CC1. The van der Waals surface area contributed by atoms with E-state index in [1.807, 2.05) is 47.0 Å².